The van der Waals surface area contributed by atoms with Gasteiger partial charge >= 0.3 is 5.97 Å². The molecule has 8 nitrogen and oxygen atoms in total. The molecule has 37 heavy (non-hydrogen) atoms. The minimum atomic E-state index is -1.04. The van der Waals surface area contributed by atoms with E-state index in [1.54, 1.807) is 36.4 Å². The van der Waals surface area contributed by atoms with E-state index in [1.165, 1.54) is 43.4 Å². The highest BCUT2D eigenvalue weighted by atomic mass is 35.5. The third-order valence-electron chi connectivity index (χ3n) is 5.93. The van der Waals surface area contributed by atoms with Crippen LogP contribution in [0, 0.1) is 0 Å². The van der Waals surface area contributed by atoms with Crippen LogP contribution in [0.15, 0.2) is 66.2 Å². The summed E-state index contributed by atoms with van der Waals surface area (Å²) in [6.07, 6.45) is 0. The number of methoxy groups -OCH3 is 2. The van der Waals surface area contributed by atoms with E-state index in [0.29, 0.717) is 16.7 Å². The third-order valence-corrected chi connectivity index (χ3v) is 6.49. The van der Waals surface area contributed by atoms with Crippen molar-refractivity contribution in [3.63, 3.8) is 0 Å². The molecule has 1 aliphatic rings. The maximum atomic E-state index is 13.2. The highest BCUT2D eigenvalue weighted by Gasteiger charge is 2.46. The third kappa shape index (κ3) is 4.98. The zero-order chi connectivity index (χ0) is 26.9. The maximum absolute atomic E-state index is 13.2. The smallest absolute Gasteiger partial charge is 0.337 e. The SMILES string of the molecule is COC(=O)c1ccc(CN2C(=O)C(=O)/C(=C(/O)c3cc(Cl)c(OC)c(Cl)c3)C2c2cccc(O)c2)cc1. The van der Waals surface area contributed by atoms with Crippen LogP contribution in [-0.2, 0) is 20.9 Å². The van der Waals surface area contributed by atoms with E-state index in [1.807, 2.05) is 0 Å². The summed E-state index contributed by atoms with van der Waals surface area (Å²) in [7, 11) is 2.66. The molecular weight excluding hydrogens is 521 g/mol. The number of nitrogens with zero attached hydrogens (tertiary/aromatic N) is 1. The van der Waals surface area contributed by atoms with Crippen LogP contribution in [0.3, 0.4) is 0 Å². The van der Waals surface area contributed by atoms with E-state index in [4.69, 9.17) is 32.7 Å². The van der Waals surface area contributed by atoms with Crippen LogP contribution in [-0.4, -0.2) is 47.0 Å². The molecule has 0 bridgehead atoms. The molecule has 190 valence electrons. The summed E-state index contributed by atoms with van der Waals surface area (Å²) in [4.78, 5) is 39.5. The summed E-state index contributed by atoms with van der Waals surface area (Å²) >= 11 is 12.5. The van der Waals surface area contributed by atoms with Gasteiger partial charge in [0.15, 0.2) is 5.75 Å². The molecule has 0 aromatic heterocycles. The van der Waals surface area contributed by atoms with Crippen molar-refractivity contribution in [3.05, 3.63) is 98.5 Å². The number of hydrogen-bond acceptors (Lipinski definition) is 7. The minimum Gasteiger partial charge on any atom is -0.508 e. The summed E-state index contributed by atoms with van der Waals surface area (Å²) in [6, 6.07) is 14.1. The lowest BCUT2D eigenvalue weighted by atomic mass is 9.95. The van der Waals surface area contributed by atoms with Gasteiger partial charge in [0.05, 0.1) is 41.4 Å². The molecule has 1 fully saturated rings. The standard InChI is InChI=1S/C27H21Cl2NO7/c1-36-25-19(28)11-17(12-20(25)29)23(32)21-22(16-4-3-5-18(31)10-16)30(26(34)24(21)33)13-14-6-8-15(9-7-14)27(35)37-2/h3-12,22,31-32H,13H2,1-2H3/b23-21+. The van der Waals surface area contributed by atoms with Crippen molar-refractivity contribution >= 4 is 46.6 Å². The van der Waals surface area contributed by atoms with Gasteiger partial charge in [0.25, 0.3) is 11.7 Å². The Bertz CT molecular complexity index is 1410. The number of rotatable bonds is 6. The van der Waals surface area contributed by atoms with Crippen LogP contribution in [0.1, 0.15) is 33.1 Å². The van der Waals surface area contributed by atoms with Crippen molar-refractivity contribution in [1.29, 1.82) is 0 Å². The first-order valence-corrected chi connectivity index (χ1v) is 11.7. The molecule has 1 amide bonds. The van der Waals surface area contributed by atoms with Gasteiger partial charge < -0.3 is 24.6 Å². The zero-order valence-corrected chi connectivity index (χ0v) is 21.2. The van der Waals surface area contributed by atoms with Crippen LogP contribution < -0.4 is 4.74 Å². The molecule has 0 radical (unpaired) electrons. The van der Waals surface area contributed by atoms with Gasteiger partial charge in [-0.25, -0.2) is 4.79 Å². The molecule has 4 rings (SSSR count). The molecular formula is C27H21Cl2NO7. The average Bonchev–Trinajstić information content (AvgIpc) is 3.13. The quantitative estimate of drug-likeness (QED) is 0.193. The summed E-state index contributed by atoms with van der Waals surface area (Å²) < 4.78 is 9.85. The van der Waals surface area contributed by atoms with E-state index in [2.05, 4.69) is 0 Å². The summed E-state index contributed by atoms with van der Waals surface area (Å²) in [5.41, 5.74) is 1.26. The monoisotopic (exact) mass is 541 g/mol. The Morgan fingerprint density at radius 1 is 0.973 bits per heavy atom. The number of ether oxygens (including phenoxy) is 2. The Morgan fingerprint density at radius 3 is 2.19 bits per heavy atom. The molecule has 10 heteroatoms. The second-order valence-corrected chi connectivity index (χ2v) is 9.00. The number of Topliss-reactive ketones (excluding diaryl/α,β-unsaturated/α-hetero) is 1. The number of carbonyl (C=O) groups is 3. The number of benzene rings is 3. The van der Waals surface area contributed by atoms with Crippen molar-refractivity contribution < 1.29 is 34.1 Å². The molecule has 1 unspecified atom stereocenters. The van der Waals surface area contributed by atoms with Crippen LogP contribution in [0.5, 0.6) is 11.5 Å². The first-order valence-electron chi connectivity index (χ1n) is 10.9. The van der Waals surface area contributed by atoms with Gasteiger partial charge in [-0.2, -0.15) is 0 Å². The lowest BCUT2D eigenvalue weighted by molar-refractivity contribution is -0.140. The first kappa shape index (κ1) is 26.1. The fourth-order valence-electron chi connectivity index (χ4n) is 4.19. The van der Waals surface area contributed by atoms with E-state index in [0.717, 1.165) is 0 Å². The van der Waals surface area contributed by atoms with Gasteiger partial charge in [0.1, 0.15) is 11.5 Å². The molecule has 1 aliphatic heterocycles. The van der Waals surface area contributed by atoms with Crippen LogP contribution in [0.25, 0.3) is 5.76 Å². The number of likely N-dealkylation sites (tertiary alicyclic amines) is 1. The summed E-state index contributed by atoms with van der Waals surface area (Å²) in [5, 5.41) is 21.5. The van der Waals surface area contributed by atoms with Gasteiger partial charge in [0.2, 0.25) is 0 Å². The Morgan fingerprint density at radius 2 is 1.62 bits per heavy atom. The molecule has 1 heterocycles. The predicted octanol–water partition coefficient (Wildman–Crippen LogP) is 5.12. The fraction of sp³-hybridized carbons (Fsp3) is 0.148. The van der Waals surface area contributed by atoms with Gasteiger partial charge in [-0.1, -0.05) is 47.5 Å². The number of aliphatic hydroxyl groups is 1. The van der Waals surface area contributed by atoms with Crippen molar-refractivity contribution in [3.8, 4) is 11.5 Å². The first-order chi connectivity index (χ1) is 17.7. The second kappa shape index (κ2) is 10.5. The molecule has 0 spiro atoms. The summed E-state index contributed by atoms with van der Waals surface area (Å²) in [6.45, 7) is -0.0206. The number of amides is 1. The molecule has 3 aromatic rings. The topological polar surface area (TPSA) is 113 Å². The molecule has 0 saturated carbocycles. The number of aromatic hydroxyl groups is 1. The second-order valence-electron chi connectivity index (χ2n) is 8.18. The normalized spacial score (nSPS) is 16.6. The Hall–Kier alpha value is -4.01. The number of carbonyl (C=O) groups excluding carboxylic acids is 3. The fourth-order valence-corrected chi connectivity index (χ4v) is 4.83. The minimum absolute atomic E-state index is 0.0206. The van der Waals surface area contributed by atoms with Crippen LogP contribution >= 0.6 is 23.2 Å². The Labute approximate surface area is 222 Å². The van der Waals surface area contributed by atoms with E-state index in [9.17, 15) is 24.6 Å². The van der Waals surface area contributed by atoms with Crippen molar-refractivity contribution in [2.45, 2.75) is 12.6 Å². The number of phenols is 1. The molecule has 0 aliphatic carbocycles. The van der Waals surface area contributed by atoms with Gasteiger partial charge in [-0.15, -0.1) is 0 Å². The van der Waals surface area contributed by atoms with Crippen molar-refractivity contribution in [1.82, 2.24) is 4.90 Å². The van der Waals surface area contributed by atoms with Crippen molar-refractivity contribution in [2.24, 2.45) is 0 Å². The van der Waals surface area contributed by atoms with E-state index < -0.39 is 29.5 Å². The number of aliphatic hydroxyl groups excluding tert-OH is 1. The summed E-state index contributed by atoms with van der Waals surface area (Å²) in [5.74, 6) is -2.65. The number of ketones is 1. The van der Waals surface area contributed by atoms with Gasteiger partial charge in [-0.05, 0) is 47.5 Å². The number of phenolic OH excluding ortho intramolecular Hbond substituents is 1. The lowest BCUT2D eigenvalue weighted by Crippen LogP contribution is -2.29. The predicted molar refractivity (Wildman–Crippen MR) is 137 cm³/mol. The molecule has 1 saturated heterocycles. The van der Waals surface area contributed by atoms with Gasteiger partial charge in [-0.3, -0.25) is 9.59 Å². The maximum Gasteiger partial charge on any atom is 0.337 e. The highest BCUT2D eigenvalue weighted by Crippen LogP contribution is 2.43. The largest absolute Gasteiger partial charge is 0.508 e. The van der Waals surface area contributed by atoms with E-state index >= 15 is 0 Å². The van der Waals surface area contributed by atoms with Crippen LogP contribution in [0.2, 0.25) is 10.0 Å². The average molecular weight is 542 g/mol. The molecule has 2 N–H and O–H groups in total. The van der Waals surface area contributed by atoms with Crippen LogP contribution in [0.4, 0.5) is 0 Å². The zero-order valence-electron chi connectivity index (χ0n) is 19.7. The number of hydrogen-bond donors (Lipinski definition) is 2. The number of esters is 1. The van der Waals surface area contributed by atoms with Crippen molar-refractivity contribution in [2.75, 3.05) is 14.2 Å². The molecule has 1 atom stereocenters. The Balaban J connectivity index is 1.83. The lowest BCUT2D eigenvalue weighted by Gasteiger charge is -2.25. The van der Waals surface area contributed by atoms with E-state index in [-0.39, 0.29) is 39.2 Å². The highest BCUT2D eigenvalue weighted by molar-refractivity contribution is 6.46. The van der Waals surface area contributed by atoms with Gasteiger partial charge in [0, 0.05) is 12.1 Å². The number of halogens is 2. The Kier molecular flexibility index (Phi) is 7.42. The molecule has 3 aromatic carbocycles.